The molecular weight excluding hydrogens is 550 g/mol. The van der Waals surface area contributed by atoms with Gasteiger partial charge in [0, 0.05) is 15.4 Å². The van der Waals surface area contributed by atoms with Gasteiger partial charge in [-0.2, -0.15) is 0 Å². The summed E-state index contributed by atoms with van der Waals surface area (Å²) >= 11 is 3.43. The molecule has 1 aliphatic heterocycles. The van der Waals surface area contributed by atoms with E-state index in [4.69, 9.17) is 13.9 Å². The maximum atomic E-state index is 13.9. The maximum Gasteiger partial charge on any atom is 0.290 e. The number of ether oxygens (including phenoxy) is 2. The van der Waals surface area contributed by atoms with Crippen LogP contribution in [-0.2, 0) is 11.3 Å². The average molecular weight is 576 g/mol. The van der Waals surface area contributed by atoms with Gasteiger partial charge in [-0.1, -0.05) is 46.3 Å². The van der Waals surface area contributed by atoms with E-state index in [1.807, 2.05) is 56.3 Å². The van der Waals surface area contributed by atoms with Gasteiger partial charge in [-0.3, -0.25) is 9.59 Å². The summed E-state index contributed by atoms with van der Waals surface area (Å²) in [4.78, 5) is 28.8. The number of amides is 1. The summed E-state index contributed by atoms with van der Waals surface area (Å²) in [5.41, 5.74) is 1.83. The minimum absolute atomic E-state index is 0.0335. The van der Waals surface area contributed by atoms with Crippen molar-refractivity contribution in [3.05, 3.63) is 105 Å². The fourth-order valence-electron chi connectivity index (χ4n) is 4.70. The standard InChI is InChI=1S/C30H26BrNO6/c1-17(2)37-22-9-6-8-18(14-22)27-26(28(33)25-15-20-13-21(31)11-12-24(20)38-25)29(34)30(35)32(27)16-19-7-4-5-10-23(19)36-3/h4-15,17,27,34H,16H2,1-3H3. The number of carbonyl (C=O) groups is 2. The Morgan fingerprint density at radius 3 is 2.63 bits per heavy atom. The number of aliphatic hydroxyl groups excluding tert-OH is 1. The van der Waals surface area contributed by atoms with E-state index in [1.165, 1.54) is 4.90 Å². The molecule has 4 aromatic rings. The number of fused-ring (bicyclic) bond motifs is 1. The van der Waals surface area contributed by atoms with Crippen molar-refractivity contribution in [2.75, 3.05) is 7.11 Å². The Kier molecular flexibility index (Phi) is 6.99. The van der Waals surface area contributed by atoms with Gasteiger partial charge in [0.2, 0.25) is 5.78 Å². The third kappa shape index (κ3) is 4.79. The van der Waals surface area contributed by atoms with Crippen LogP contribution in [0.3, 0.4) is 0 Å². The number of para-hydroxylation sites is 1. The minimum Gasteiger partial charge on any atom is -0.503 e. The van der Waals surface area contributed by atoms with Crippen molar-refractivity contribution in [3.63, 3.8) is 0 Å². The van der Waals surface area contributed by atoms with Gasteiger partial charge in [0.1, 0.15) is 17.1 Å². The van der Waals surface area contributed by atoms with E-state index in [9.17, 15) is 14.7 Å². The molecule has 3 aromatic carbocycles. The van der Waals surface area contributed by atoms with Crippen molar-refractivity contribution in [2.24, 2.45) is 0 Å². The van der Waals surface area contributed by atoms with E-state index >= 15 is 0 Å². The van der Waals surface area contributed by atoms with Gasteiger partial charge >= 0.3 is 0 Å². The molecule has 0 radical (unpaired) electrons. The fourth-order valence-corrected chi connectivity index (χ4v) is 5.08. The molecule has 1 atom stereocenters. The topological polar surface area (TPSA) is 89.2 Å². The third-order valence-corrected chi connectivity index (χ3v) is 6.82. The molecular formula is C30H26BrNO6. The van der Waals surface area contributed by atoms with Crippen LogP contribution in [-0.4, -0.2) is 34.9 Å². The van der Waals surface area contributed by atoms with Crippen LogP contribution in [0.5, 0.6) is 11.5 Å². The van der Waals surface area contributed by atoms with E-state index in [1.54, 1.807) is 37.4 Å². The zero-order chi connectivity index (χ0) is 27.0. The highest BCUT2D eigenvalue weighted by Gasteiger charge is 2.45. The van der Waals surface area contributed by atoms with Gasteiger partial charge in [0.25, 0.3) is 5.91 Å². The number of aliphatic hydroxyl groups is 1. The summed E-state index contributed by atoms with van der Waals surface area (Å²) < 4.78 is 18.0. The van der Waals surface area contributed by atoms with Crippen molar-refractivity contribution >= 4 is 38.6 Å². The van der Waals surface area contributed by atoms with Crippen LogP contribution < -0.4 is 9.47 Å². The zero-order valence-electron chi connectivity index (χ0n) is 21.1. The number of furan rings is 1. The molecule has 2 heterocycles. The van der Waals surface area contributed by atoms with Crippen molar-refractivity contribution in [2.45, 2.75) is 32.5 Å². The molecule has 0 bridgehead atoms. The summed E-state index contributed by atoms with van der Waals surface area (Å²) in [7, 11) is 1.56. The number of Topliss-reactive ketones (excluding diaryl/α,β-unsaturated/α-hetero) is 1. The molecule has 8 heteroatoms. The molecule has 0 fully saturated rings. The van der Waals surface area contributed by atoms with Crippen LogP contribution in [0, 0.1) is 0 Å². The van der Waals surface area contributed by atoms with Crippen LogP contribution in [0.1, 0.15) is 41.6 Å². The van der Waals surface area contributed by atoms with Gasteiger partial charge < -0.3 is 23.9 Å². The molecule has 1 amide bonds. The summed E-state index contributed by atoms with van der Waals surface area (Å²) in [5.74, 6) is -0.603. The first-order chi connectivity index (χ1) is 18.3. The first kappa shape index (κ1) is 25.6. The monoisotopic (exact) mass is 575 g/mol. The molecule has 0 saturated carbocycles. The Hall–Kier alpha value is -4.04. The Bertz CT molecular complexity index is 1570. The molecule has 5 rings (SSSR count). The molecule has 0 spiro atoms. The largest absolute Gasteiger partial charge is 0.503 e. The predicted octanol–water partition coefficient (Wildman–Crippen LogP) is 6.77. The zero-order valence-corrected chi connectivity index (χ0v) is 22.7. The van der Waals surface area contributed by atoms with Crippen molar-refractivity contribution in [1.82, 2.24) is 4.90 Å². The van der Waals surface area contributed by atoms with Gasteiger partial charge in [-0.15, -0.1) is 0 Å². The average Bonchev–Trinajstić information content (AvgIpc) is 3.42. The lowest BCUT2D eigenvalue weighted by Gasteiger charge is -2.27. The van der Waals surface area contributed by atoms with E-state index in [0.29, 0.717) is 22.6 Å². The van der Waals surface area contributed by atoms with Crippen LogP contribution in [0.4, 0.5) is 0 Å². The predicted molar refractivity (Wildman–Crippen MR) is 146 cm³/mol. The summed E-state index contributed by atoms with van der Waals surface area (Å²) in [6.45, 7) is 3.94. The van der Waals surface area contributed by atoms with E-state index < -0.39 is 23.5 Å². The molecule has 1 unspecified atom stereocenters. The molecule has 1 N–H and O–H groups in total. The smallest absolute Gasteiger partial charge is 0.290 e. The Morgan fingerprint density at radius 1 is 1.08 bits per heavy atom. The maximum absolute atomic E-state index is 13.9. The van der Waals surface area contributed by atoms with Gasteiger partial charge in [0.05, 0.1) is 31.4 Å². The van der Waals surface area contributed by atoms with Crippen molar-refractivity contribution in [1.29, 1.82) is 0 Å². The van der Waals surface area contributed by atoms with Crippen molar-refractivity contribution < 1.29 is 28.6 Å². The van der Waals surface area contributed by atoms with Gasteiger partial charge in [-0.05, 0) is 61.9 Å². The summed E-state index contributed by atoms with van der Waals surface area (Å²) in [6.07, 6.45) is -0.0694. The highest BCUT2D eigenvalue weighted by molar-refractivity contribution is 9.10. The molecule has 0 saturated heterocycles. The number of benzene rings is 3. The molecule has 0 aliphatic carbocycles. The SMILES string of the molecule is COc1ccccc1CN1C(=O)C(O)=C(C(=O)c2cc3cc(Br)ccc3o2)C1c1cccc(OC(C)C)c1. The summed E-state index contributed by atoms with van der Waals surface area (Å²) in [6, 6.07) is 20.7. The quantitative estimate of drug-likeness (QED) is 0.233. The number of rotatable bonds is 8. The van der Waals surface area contributed by atoms with Gasteiger partial charge in [0.15, 0.2) is 11.5 Å². The highest BCUT2D eigenvalue weighted by atomic mass is 79.9. The first-order valence-corrected chi connectivity index (χ1v) is 12.9. The highest BCUT2D eigenvalue weighted by Crippen LogP contribution is 2.42. The van der Waals surface area contributed by atoms with Crippen LogP contribution >= 0.6 is 15.9 Å². The molecule has 1 aliphatic rings. The number of ketones is 1. The second-order valence-corrected chi connectivity index (χ2v) is 10.2. The number of nitrogens with zero attached hydrogens (tertiary/aromatic N) is 1. The summed E-state index contributed by atoms with van der Waals surface area (Å²) in [5, 5.41) is 11.8. The molecule has 1 aromatic heterocycles. The first-order valence-electron chi connectivity index (χ1n) is 12.1. The minimum atomic E-state index is -0.879. The molecule has 38 heavy (non-hydrogen) atoms. The van der Waals surface area contributed by atoms with Crippen LogP contribution in [0.2, 0.25) is 0 Å². The lowest BCUT2D eigenvalue weighted by atomic mass is 9.94. The van der Waals surface area contributed by atoms with E-state index in [0.717, 1.165) is 15.4 Å². The molecule has 7 nitrogen and oxygen atoms in total. The van der Waals surface area contributed by atoms with E-state index in [2.05, 4.69) is 15.9 Å². The van der Waals surface area contributed by atoms with Crippen LogP contribution in [0.15, 0.2) is 93.0 Å². The normalized spacial score (nSPS) is 15.6. The number of methoxy groups -OCH3 is 1. The fraction of sp³-hybridized carbons (Fsp3) is 0.200. The van der Waals surface area contributed by atoms with Crippen molar-refractivity contribution in [3.8, 4) is 11.5 Å². The second kappa shape index (κ2) is 10.4. The lowest BCUT2D eigenvalue weighted by molar-refractivity contribution is -0.130. The molecule has 194 valence electrons. The number of halogens is 1. The lowest BCUT2D eigenvalue weighted by Crippen LogP contribution is -2.31. The van der Waals surface area contributed by atoms with Crippen LogP contribution in [0.25, 0.3) is 11.0 Å². The third-order valence-electron chi connectivity index (χ3n) is 6.33. The Labute approximate surface area is 228 Å². The second-order valence-electron chi connectivity index (χ2n) is 9.27. The van der Waals surface area contributed by atoms with Gasteiger partial charge in [-0.25, -0.2) is 0 Å². The van der Waals surface area contributed by atoms with E-state index in [-0.39, 0.29) is 24.0 Å². The number of carbonyl (C=O) groups excluding carboxylic acids is 2. The Morgan fingerprint density at radius 2 is 1.87 bits per heavy atom. The number of hydrogen-bond donors (Lipinski definition) is 1. The Balaban J connectivity index is 1.61. The number of hydrogen-bond acceptors (Lipinski definition) is 6.